The number of nitrogens with zero attached hydrogens (tertiary/aromatic N) is 3. The van der Waals surface area contributed by atoms with E-state index in [9.17, 15) is 0 Å². The summed E-state index contributed by atoms with van der Waals surface area (Å²) in [5.74, 6) is 6.47. The molecule has 0 bridgehead atoms. The molecule has 16 heavy (non-hydrogen) atoms. The van der Waals surface area contributed by atoms with Gasteiger partial charge in [-0.15, -0.1) is 0 Å². The van der Waals surface area contributed by atoms with Crippen LogP contribution in [0.2, 0.25) is 5.02 Å². The minimum absolute atomic E-state index is 0.567. The van der Waals surface area contributed by atoms with E-state index in [-0.39, 0.29) is 0 Å². The molecule has 1 aromatic heterocycles. The van der Waals surface area contributed by atoms with Gasteiger partial charge in [0.15, 0.2) is 0 Å². The molecule has 2 aromatic rings. The summed E-state index contributed by atoms with van der Waals surface area (Å²) in [5, 5.41) is 9.96. The molecule has 1 aromatic carbocycles. The zero-order valence-electron chi connectivity index (χ0n) is 8.21. The van der Waals surface area contributed by atoms with Crippen molar-refractivity contribution in [1.82, 2.24) is 10.2 Å². The molecular weight excluding hydrogens is 287 g/mol. The second-order valence-corrected chi connectivity index (χ2v) is 4.50. The molecule has 0 amide bonds. The molecule has 0 saturated heterocycles. The Labute approximate surface area is 107 Å². The van der Waals surface area contributed by atoms with Crippen LogP contribution in [0.3, 0.4) is 0 Å². The fraction of sp³-hybridized carbons (Fsp3) is 0. The zero-order valence-corrected chi connectivity index (χ0v) is 10.8. The van der Waals surface area contributed by atoms with E-state index >= 15 is 0 Å². The van der Waals surface area contributed by atoms with E-state index in [4.69, 9.17) is 17.4 Å². The quantitative estimate of drug-likeness (QED) is 0.509. The number of benzene rings is 1. The van der Waals surface area contributed by atoms with Crippen molar-refractivity contribution in [3.05, 3.63) is 41.4 Å². The van der Waals surface area contributed by atoms with Crippen LogP contribution >= 0.6 is 11.6 Å². The molecule has 0 fully saturated rings. The maximum atomic E-state index is 5.90. The third-order valence-electron chi connectivity index (χ3n) is 1.97. The summed E-state index contributed by atoms with van der Waals surface area (Å²) in [5.41, 5.74) is 0.764. The molecular formula is C10H8AsClN4. The molecule has 0 aliphatic carbocycles. The summed E-state index contributed by atoms with van der Waals surface area (Å²) in [6, 6.07) is 10.9. The Hall–Kier alpha value is -1.09. The topological polar surface area (TPSA) is 55.0 Å². The number of aromatic nitrogens is 2. The van der Waals surface area contributed by atoms with Crippen molar-refractivity contribution in [1.29, 1.82) is 0 Å². The Kier molecular flexibility index (Phi) is 3.44. The number of halogens is 1. The van der Waals surface area contributed by atoms with E-state index < -0.39 is 0 Å². The maximum absolute atomic E-state index is 5.90. The van der Waals surface area contributed by atoms with E-state index in [1.165, 1.54) is 5.01 Å². The average molecular weight is 295 g/mol. The van der Waals surface area contributed by atoms with Crippen LogP contribution in [0.4, 0.5) is 11.5 Å². The first-order valence-electron chi connectivity index (χ1n) is 4.50. The molecule has 1 heterocycles. The summed E-state index contributed by atoms with van der Waals surface area (Å²) in [6.07, 6.45) is 0. The molecule has 0 aliphatic rings. The van der Waals surface area contributed by atoms with Crippen LogP contribution in [0.5, 0.6) is 0 Å². The fourth-order valence-corrected chi connectivity index (χ4v) is 1.64. The van der Waals surface area contributed by atoms with Crippen LogP contribution in [0.15, 0.2) is 36.4 Å². The molecule has 2 N–H and O–H groups in total. The van der Waals surface area contributed by atoms with Crippen molar-refractivity contribution < 1.29 is 0 Å². The van der Waals surface area contributed by atoms with E-state index in [0.29, 0.717) is 10.8 Å². The van der Waals surface area contributed by atoms with Crippen LogP contribution in [0, 0.1) is 0 Å². The molecule has 2 radical (unpaired) electrons. The summed E-state index contributed by atoms with van der Waals surface area (Å²) < 4.78 is 0.788. The van der Waals surface area contributed by atoms with Gasteiger partial charge in [0.1, 0.15) is 0 Å². The minimum atomic E-state index is 0.567. The van der Waals surface area contributed by atoms with Gasteiger partial charge in [0, 0.05) is 0 Å². The summed E-state index contributed by atoms with van der Waals surface area (Å²) in [6.45, 7) is 0. The Morgan fingerprint density at radius 3 is 2.62 bits per heavy atom. The zero-order chi connectivity index (χ0) is 11.5. The Morgan fingerprint density at radius 1 is 1.19 bits per heavy atom. The van der Waals surface area contributed by atoms with Crippen LogP contribution in [0.25, 0.3) is 0 Å². The van der Waals surface area contributed by atoms with Crippen molar-refractivity contribution in [2.45, 2.75) is 0 Å². The van der Waals surface area contributed by atoms with E-state index in [1.807, 2.05) is 18.2 Å². The van der Waals surface area contributed by atoms with Gasteiger partial charge in [-0.25, -0.2) is 0 Å². The standard InChI is InChI=1S/C10H8AsClN4/c11-9-4-5-10(15-14-9)16(13)8-3-1-2-7(12)6-8/h1-6H,13H2. The predicted molar refractivity (Wildman–Crippen MR) is 65.2 cm³/mol. The first kappa shape index (κ1) is 11.4. The van der Waals surface area contributed by atoms with Crippen molar-refractivity contribution in [3.63, 3.8) is 0 Å². The van der Waals surface area contributed by atoms with Crippen LogP contribution in [-0.4, -0.2) is 27.1 Å². The third-order valence-corrected chi connectivity index (χ3v) is 2.71. The van der Waals surface area contributed by atoms with Gasteiger partial charge in [-0.3, -0.25) is 0 Å². The molecule has 80 valence electrons. The van der Waals surface area contributed by atoms with Gasteiger partial charge in [-0.2, -0.15) is 0 Å². The second-order valence-electron chi connectivity index (χ2n) is 3.10. The number of hydrogen-bond acceptors (Lipinski definition) is 4. The molecule has 4 nitrogen and oxygen atoms in total. The number of hydrazine groups is 1. The SMILES string of the molecule is NN(c1cccc(Cl)c1)c1ccc([As])nn1. The van der Waals surface area contributed by atoms with Crippen molar-refractivity contribution in [3.8, 4) is 0 Å². The number of nitrogens with two attached hydrogens (primary N) is 1. The second kappa shape index (κ2) is 4.83. The Bertz CT molecular complexity index is 488. The van der Waals surface area contributed by atoms with Gasteiger partial charge in [-0.05, 0) is 0 Å². The van der Waals surface area contributed by atoms with Crippen LogP contribution < -0.4 is 15.3 Å². The average Bonchev–Trinajstić information content (AvgIpc) is 2.29. The molecule has 6 heteroatoms. The first-order valence-corrected chi connectivity index (χ1v) is 5.81. The van der Waals surface area contributed by atoms with Gasteiger partial charge in [-0.1, -0.05) is 0 Å². The summed E-state index contributed by atoms with van der Waals surface area (Å²) >= 11 is 8.20. The van der Waals surface area contributed by atoms with Crippen molar-refractivity contribution in [2.75, 3.05) is 5.01 Å². The van der Waals surface area contributed by atoms with E-state index in [2.05, 4.69) is 27.1 Å². The van der Waals surface area contributed by atoms with Gasteiger partial charge in [0.25, 0.3) is 0 Å². The van der Waals surface area contributed by atoms with Gasteiger partial charge in [0.2, 0.25) is 0 Å². The number of hydrogen-bond donors (Lipinski definition) is 1. The molecule has 0 atom stereocenters. The van der Waals surface area contributed by atoms with E-state index in [0.717, 1.165) is 10.2 Å². The van der Waals surface area contributed by atoms with Crippen molar-refractivity contribution >= 4 is 44.4 Å². The third kappa shape index (κ3) is 2.53. The number of rotatable bonds is 2. The predicted octanol–water partition coefficient (Wildman–Crippen LogP) is 0.936. The van der Waals surface area contributed by atoms with Gasteiger partial charge in [0.05, 0.1) is 0 Å². The first-order chi connectivity index (χ1) is 7.66. The van der Waals surface area contributed by atoms with Gasteiger partial charge >= 0.3 is 107 Å². The summed E-state index contributed by atoms with van der Waals surface area (Å²) in [4.78, 5) is 0. The van der Waals surface area contributed by atoms with Crippen LogP contribution in [0.1, 0.15) is 0 Å². The fourth-order valence-electron chi connectivity index (χ4n) is 1.20. The Morgan fingerprint density at radius 2 is 2.00 bits per heavy atom. The molecule has 0 spiro atoms. The van der Waals surface area contributed by atoms with Gasteiger partial charge < -0.3 is 0 Å². The Balaban J connectivity index is 2.31. The molecule has 0 unspecified atom stereocenters. The summed E-state index contributed by atoms with van der Waals surface area (Å²) in [7, 11) is 0. The molecule has 2 rings (SSSR count). The van der Waals surface area contributed by atoms with E-state index in [1.54, 1.807) is 18.2 Å². The van der Waals surface area contributed by atoms with Crippen LogP contribution in [-0.2, 0) is 0 Å². The molecule has 0 aliphatic heterocycles. The monoisotopic (exact) mass is 294 g/mol. The number of anilines is 2. The normalized spacial score (nSPS) is 10.2. The van der Waals surface area contributed by atoms with Crippen molar-refractivity contribution in [2.24, 2.45) is 5.84 Å². The molecule has 0 saturated carbocycles.